The maximum absolute atomic E-state index is 8.94. The summed E-state index contributed by atoms with van der Waals surface area (Å²) in [6.45, 7) is 3.40. The van der Waals surface area contributed by atoms with Gasteiger partial charge in [-0.2, -0.15) is 0 Å². The maximum atomic E-state index is 8.94. The summed E-state index contributed by atoms with van der Waals surface area (Å²) in [7, 11) is 2.13. The molecule has 86 valence electrons. The Bertz CT molecular complexity index is 260. The highest BCUT2D eigenvalue weighted by atomic mass is 79.9. The van der Waals surface area contributed by atoms with Gasteiger partial charge < -0.3 is 10.0 Å². The molecule has 3 heteroatoms. The Labute approximate surface area is 101 Å². The summed E-state index contributed by atoms with van der Waals surface area (Å²) in [5.74, 6) is 0.402. The minimum Gasteiger partial charge on any atom is -0.396 e. The third kappa shape index (κ3) is 4.39. The SMILES string of the molecule is CC(CO)CCN(C)C1=CC=C(Br)CC1. The van der Waals surface area contributed by atoms with E-state index in [0.29, 0.717) is 12.5 Å². The zero-order chi connectivity index (χ0) is 11.3. The topological polar surface area (TPSA) is 23.5 Å². The number of aliphatic hydroxyl groups excluding tert-OH is 1. The minimum absolute atomic E-state index is 0.290. The quantitative estimate of drug-likeness (QED) is 0.833. The molecule has 0 aromatic heterocycles. The molecule has 0 saturated carbocycles. The summed E-state index contributed by atoms with van der Waals surface area (Å²) in [6, 6.07) is 0. The predicted molar refractivity (Wildman–Crippen MR) is 67.8 cm³/mol. The maximum Gasteiger partial charge on any atom is 0.0457 e. The van der Waals surface area contributed by atoms with Gasteiger partial charge in [-0.3, -0.25) is 0 Å². The Hall–Kier alpha value is -0.280. The Morgan fingerprint density at radius 3 is 2.73 bits per heavy atom. The predicted octanol–water partition coefficient (Wildman–Crippen LogP) is 2.89. The second-order valence-corrected chi connectivity index (χ2v) is 5.29. The van der Waals surface area contributed by atoms with Crippen molar-refractivity contribution in [1.29, 1.82) is 0 Å². The van der Waals surface area contributed by atoms with E-state index in [2.05, 4.69) is 47.0 Å². The van der Waals surface area contributed by atoms with Crippen molar-refractivity contribution in [2.24, 2.45) is 5.92 Å². The molecule has 1 N–H and O–H groups in total. The van der Waals surface area contributed by atoms with E-state index in [1.807, 2.05) is 0 Å². The lowest BCUT2D eigenvalue weighted by Crippen LogP contribution is -2.22. The van der Waals surface area contributed by atoms with Gasteiger partial charge in [0.2, 0.25) is 0 Å². The van der Waals surface area contributed by atoms with Crippen LogP contribution in [0, 0.1) is 5.92 Å². The van der Waals surface area contributed by atoms with E-state index in [1.54, 1.807) is 0 Å². The second-order valence-electron chi connectivity index (χ2n) is 4.27. The second kappa shape index (κ2) is 6.33. The van der Waals surface area contributed by atoms with Crippen molar-refractivity contribution in [1.82, 2.24) is 4.90 Å². The van der Waals surface area contributed by atoms with E-state index in [-0.39, 0.29) is 0 Å². The van der Waals surface area contributed by atoms with Gasteiger partial charge >= 0.3 is 0 Å². The van der Waals surface area contributed by atoms with Crippen LogP contribution in [0.2, 0.25) is 0 Å². The molecule has 0 radical (unpaired) electrons. The first-order valence-corrected chi connectivity index (χ1v) is 6.30. The molecule has 0 bridgehead atoms. The molecular formula is C12H20BrNO. The Balaban J connectivity index is 2.37. The highest BCUT2D eigenvalue weighted by Crippen LogP contribution is 2.24. The molecule has 0 saturated heterocycles. The van der Waals surface area contributed by atoms with E-state index in [4.69, 9.17) is 5.11 Å². The standard InChI is InChI=1S/C12H20BrNO/c1-10(9-15)7-8-14(2)12-5-3-11(13)4-6-12/h3,5,10,15H,4,6-9H2,1-2H3. The molecule has 1 unspecified atom stereocenters. The first kappa shape index (κ1) is 12.8. The van der Waals surface area contributed by atoms with Gasteiger partial charge in [-0.15, -0.1) is 0 Å². The Morgan fingerprint density at radius 2 is 2.20 bits per heavy atom. The average molecular weight is 274 g/mol. The van der Waals surface area contributed by atoms with Crippen LogP contribution in [0.15, 0.2) is 22.3 Å². The fourth-order valence-electron chi connectivity index (χ4n) is 1.57. The molecule has 0 heterocycles. The summed E-state index contributed by atoms with van der Waals surface area (Å²) in [4.78, 5) is 2.29. The third-order valence-electron chi connectivity index (χ3n) is 2.84. The van der Waals surface area contributed by atoms with Crippen LogP contribution in [0.25, 0.3) is 0 Å². The van der Waals surface area contributed by atoms with Gasteiger partial charge in [0.15, 0.2) is 0 Å². The highest BCUT2D eigenvalue weighted by Gasteiger charge is 2.09. The van der Waals surface area contributed by atoms with Gasteiger partial charge in [0.1, 0.15) is 0 Å². The minimum atomic E-state index is 0.290. The van der Waals surface area contributed by atoms with Crippen LogP contribution in [0.4, 0.5) is 0 Å². The summed E-state index contributed by atoms with van der Waals surface area (Å²) in [5, 5.41) is 8.94. The summed E-state index contributed by atoms with van der Waals surface area (Å²) in [6.07, 6.45) is 7.57. The molecule has 1 aliphatic carbocycles. The number of hydrogen-bond acceptors (Lipinski definition) is 2. The Kier molecular flexibility index (Phi) is 5.40. The van der Waals surface area contributed by atoms with Gasteiger partial charge in [-0.05, 0) is 35.7 Å². The average Bonchev–Trinajstić information content (AvgIpc) is 2.26. The van der Waals surface area contributed by atoms with E-state index < -0.39 is 0 Å². The van der Waals surface area contributed by atoms with Crippen LogP contribution in [0.5, 0.6) is 0 Å². The highest BCUT2D eigenvalue weighted by molar-refractivity contribution is 9.11. The van der Waals surface area contributed by atoms with Crippen LogP contribution in [-0.2, 0) is 0 Å². The first-order chi connectivity index (χ1) is 7.13. The number of aliphatic hydroxyl groups is 1. The molecule has 0 aromatic rings. The van der Waals surface area contributed by atoms with E-state index in [0.717, 1.165) is 25.8 Å². The molecule has 1 aliphatic rings. The number of halogens is 1. The summed E-state index contributed by atoms with van der Waals surface area (Å²) < 4.78 is 1.28. The van der Waals surface area contributed by atoms with Crippen molar-refractivity contribution in [2.75, 3.05) is 20.2 Å². The first-order valence-electron chi connectivity index (χ1n) is 5.50. The number of hydrogen-bond donors (Lipinski definition) is 1. The van der Waals surface area contributed by atoms with E-state index >= 15 is 0 Å². The lowest BCUT2D eigenvalue weighted by Gasteiger charge is -2.25. The molecule has 1 rings (SSSR count). The fourth-order valence-corrected chi connectivity index (χ4v) is 1.90. The lowest BCUT2D eigenvalue weighted by atomic mass is 10.1. The van der Waals surface area contributed by atoms with Crippen LogP contribution < -0.4 is 0 Å². The van der Waals surface area contributed by atoms with Crippen molar-refractivity contribution >= 4 is 15.9 Å². The molecule has 0 aliphatic heterocycles. The van der Waals surface area contributed by atoms with Crippen molar-refractivity contribution < 1.29 is 5.11 Å². The molecule has 0 spiro atoms. The number of allylic oxidation sites excluding steroid dienone is 4. The molecular weight excluding hydrogens is 254 g/mol. The summed E-state index contributed by atoms with van der Waals surface area (Å²) in [5.41, 5.74) is 1.39. The fraction of sp³-hybridized carbons (Fsp3) is 0.667. The van der Waals surface area contributed by atoms with Gasteiger partial charge in [0.25, 0.3) is 0 Å². The molecule has 15 heavy (non-hydrogen) atoms. The zero-order valence-electron chi connectivity index (χ0n) is 9.54. The molecule has 0 aromatic carbocycles. The van der Waals surface area contributed by atoms with Crippen LogP contribution in [-0.4, -0.2) is 30.2 Å². The van der Waals surface area contributed by atoms with Crippen molar-refractivity contribution in [3.05, 3.63) is 22.3 Å². The number of rotatable bonds is 5. The van der Waals surface area contributed by atoms with Gasteiger partial charge in [0, 0.05) is 25.9 Å². The molecule has 0 fully saturated rings. The van der Waals surface area contributed by atoms with Crippen LogP contribution in [0.1, 0.15) is 26.2 Å². The van der Waals surface area contributed by atoms with Gasteiger partial charge in [0.05, 0.1) is 0 Å². The van der Waals surface area contributed by atoms with Crippen molar-refractivity contribution in [3.63, 3.8) is 0 Å². The monoisotopic (exact) mass is 273 g/mol. The molecule has 1 atom stereocenters. The third-order valence-corrected chi connectivity index (χ3v) is 3.50. The molecule has 2 nitrogen and oxygen atoms in total. The van der Waals surface area contributed by atoms with Crippen LogP contribution >= 0.6 is 15.9 Å². The smallest absolute Gasteiger partial charge is 0.0457 e. The van der Waals surface area contributed by atoms with Gasteiger partial charge in [-0.1, -0.05) is 28.9 Å². The van der Waals surface area contributed by atoms with Crippen molar-refractivity contribution in [3.8, 4) is 0 Å². The lowest BCUT2D eigenvalue weighted by molar-refractivity contribution is 0.218. The normalized spacial score (nSPS) is 18.1. The largest absolute Gasteiger partial charge is 0.396 e. The van der Waals surface area contributed by atoms with Crippen LogP contribution in [0.3, 0.4) is 0 Å². The van der Waals surface area contributed by atoms with E-state index in [9.17, 15) is 0 Å². The van der Waals surface area contributed by atoms with E-state index in [1.165, 1.54) is 10.2 Å². The summed E-state index contributed by atoms with van der Waals surface area (Å²) >= 11 is 3.50. The molecule has 0 amide bonds. The van der Waals surface area contributed by atoms with Crippen molar-refractivity contribution in [2.45, 2.75) is 26.2 Å². The zero-order valence-corrected chi connectivity index (χ0v) is 11.1. The number of nitrogens with zero attached hydrogens (tertiary/aromatic N) is 1. The Morgan fingerprint density at radius 1 is 1.47 bits per heavy atom. The van der Waals surface area contributed by atoms with Gasteiger partial charge in [-0.25, -0.2) is 0 Å².